The van der Waals surface area contributed by atoms with Crippen molar-refractivity contribution in [3.05, 3.63) is 35.1 Å². The van der Waals surface area contributed by atoms with Crippen molar-refractivity contribution >= 4 is 5.97 Å². The van der Waals surface area contributed by atoms with Gasteiger partial charge in [-0.2, -0.15) is 0 Å². The molecule has 1 aliphatic rings. The molecule has 2 rings (SSSR count). The van der Waals surface area contributed by atoms with Crippen molar-refractivity contribution in [1.82, 2.24) is 0 Å². The lowest BCUT2D eigenvalue weighted by molar-refractivity contribution is -0.147. The molecule has 2 nitrogen and oxygen atoms in total. The highest BCUT2D eigenvalue weighted by Crippen LogP contribution is 2.44. The summed E-state index contributed by atoms with van der Waals surface area (Å²) in [7, 11) is 0. The van der Waals surface area contributed by atoms with E-state index in [2.05, 4.69) is 0 Å². The van der Waals surface area contributed by atoms with E-state index in [0.29, 0.717) is 24.0 Å². The van der Waals surface area contributed by atoms with Gasteiger partial charge >= 0.3 is 5.97 Å². The molecule has 1 aromatic carbocycles. The quantitative estimate of drug-likeness (QED) is 0.872. The van der Waals surface area contributed by atoms with Crippen LogP contribution in [0.15, 0.2) is 18.2 Å². The molecule has 0 radical (unpaired) electrons. The van der Waals surface area contributed by atoms with Gasteiger partial charge < -0.3 is 5.11 Å². The molecule has 1 N–H and O–H groups in total. The molecular weight excluding hydrogens is 219 g/mol. The molecule has 1 saturated carbocycles. The molecule has 1 aromatic rings. The van der Waals surface area contributed by atoms with E-state index in [4.69, 9.17) is 0 Å². The number of carboxylic acids is 1. The van der Waals surface area contributed by atoms with E-state index < -0.39 is 11.4 Å². The summed E-state index contributed by atoms with van der Waals surface area (Å²) in [5.41, 5.74) is 0.419. The number of hydrogen-bond acceptors (Lipinski definition) is 1. The lowest BCUT2D eigenvalue weighted by Crippen LogP contribution is -2.42. The number of aliphatic carboxylic acids is 1. The number of benzene rings is 1. The van der Waals surface area contributed by atoms with Crippen LogP contribution >= 0.6 is 0 Å². The largest absolute Gasteiger partial charge is 0.481 e. The number of carbonyl (C=O) groups is 1. The van der Waals surface area contributed by atoms with Crippen molar-refractivity contribution < 1.29 is 14.3 Å². The van der Waals surface area contributed by atoms with Crippen LogP contribution < -0.4 is 0 Å². The summed E-state index contributed by atoms with van der Waals surface area (Å²) in [5, 5.41) is 9.28. The van der Waals surface area contributed by atoms with Crippen molar-refractivity contribution in [2.45, 2.75) is 44.4 Å². The van der Waals surface area contributed by atoms with Crippen LogP contribution in [0.5, 0.6) is 0 Å². The van der Waals surface area contributed by atoms with E-state index in [0.717, 1.165) is 6.42 Å². The van der Waals surface area contributed by atoms with Gasteiger partial charge in [0.1, 0.15) is 5.82 Å². The summed E-state index contributed by atoms with van der Waals surface area (Å²) < 4.78 is 13.9. The lowest BCUT2D eigenvalue weighted by atomic mass is 9.64. The van der Waals surface area contributed by atoms with Crippen molar-refractivity contribution in [3.8, 4) is 0 Å². The Morgan fingerprint density at radius 1 is 1.41 bits per heavy atom. The molecule has 0 spiro atoms. The average Bonchev–Trinajstić information content (AvgIpc) is 2.14. The SMILES string of the molecule is CC(C)c1ccc(C2(C(=O)O)CCC2)cc1F. The Morgan fingerprint density at radius 3 is 2.41 bits per heavy atom. The highest BCUT2D eigenvalue weighted by atomic mass is 19.1. The number of rotatable bonds is 3. The minimum atomic E-state index is -0.837. The summed E-state index contributed by atoms with van der Waals surface area (Å²) in [6.07, 6.45) is 2.13. The van der Waals surface area contributed by atoms with Crippen LogP contribution in [0.1, 0.15) is 50.2 Å². The Kier molecular flexibility index (Phi) is 2.94. The van der Waals surface area contributed by atoms with Gasteiger partial charge in [-0.1, -0.05) is 32.4 Å². The Bertz CT molecular complexity index is 448. The third kappa shape index (κ3) is 1.84. The third-order valence-electron chi connectivity index (χ3n) is 3.79. The molecule has 0 heterocycles. The normalized spacial score (nSPS) is 17.9. The van der Waals surface area contributed by atoms with Gasteiger partial charge in [0.15, 0.2) is 0 Å². The fourth-order valence-corrected chi connectivity index (χ4v) is 2.45. The van der Waals surface area contributed by atoms with Crippen LogP contribution in [0.4, 0.5) is 4.39 Å². The first kappa shape index (κ1) is 12.1. The fraction of sp³-hybridized carbons (Fsp3) is 0.500. The predicted molar refractivity (Wildman–Crippen MR) is 63.7 cm³/mol. The molecule has 0 aliphatic heterocycles. The number of hydrogen-bond donors (Lipinski definition) is 1. The van der Waals surface area contributed by atoms with Gasteiger partial charge in [0, 0.05) is 0 Å². The second-order valence-electron chi connectivity index (χ2n) is 5.13. The lowest BCUT2D eigenvalue weighted by Gasteiger charge is -2.38. The zero-order valence-electron chi connectivity index (χ0n) is 10.2. The molecule has 17 heavy (non-hydrogen) atoms. The van der Waals surface area contributed by atoms with Gasteiger partial charge in [-0.3, -0.25) is 4.79 Å². The van der Waals surface area contributed by atoms with Gasteiger partial charge in [-0.25, -0.2) is 4.39 Å². The van der Waals surface area contributed by atoms with Gasteiger partial charge in [-0.15, -0.1) is 0 Å². The minimum absolute atomic E-state index is 0.117. The van der Waals surface area contributed by atoms with Crippen LogP contribution in [-0.2, 0) is 10.2 Å². The van der Waals surface area contributed by atoms with E-state index in [9.17, 15) is 14.3 Å². The summed E-state index contributed by atoms with van der Waals surface area (Å²) in [6, 6.07) is 4.90. The third-order valence-corrected chi connectivity index (χ3v) is 3.79. The predicted octanol–water partition coefficient (Wildman–Crippen LogP) is 3.46. The summed E-state index contributed by atoms with van der Waals surface area (Å²) in [4.78, 5) is 11.3. The van der Waals surface area contributed by atoms with Gasteiger partial charge in [0.05, 0.1) is 5.41 Å². The summed E-state index contributed by atoms with van der Waals surface area (Å²) in [6.45, 7) is 3.85. The van der Waals surface area contributed by atoms with Crippen LogP contribution in [0, 0.1) is 5.82 Å². The highest BCUT2D eigenvalue weighted by Gasteiger charge is 2.46. The second-order valence-corrected chi connectivity index (χ2v) is 5.13. The first-order valence-electron chi connectivity index (χ1n) is 6.01. The Labute approximate surface area is 100 Å². The monoisotopic (exact) mass is 236 g/mol. The molecule has 0 saturated heterocycles. The standard InChI is InChI=1S/C14H17FO2/c1-9(2)11-5-4-10(8-12(11)15)14(13(16)17)6-3-7-14/h4-5,8-9H,3,6-7H2,1-2H3,(H,16,17). The summed E-state index contributed by atoms with van der Waals surface area (Å²) >= 11 is 0. The van der Waals surface area contributed by atoms with Crippen LogP contribution in [0.3, 0.4) is 0 Å². The highest BCUT2D eigenvalue weighted by molar-refractivity contribution is 5.82. The van der Waals surface area contributed by atoms with Gasteiger partial charge in [-0.05, 0) is 36.0 Å². The molecule has 0 bridgehead atoms. The summed E-state index contributed by atoms with van der Waals surface area (Å²) in [5.74, 6) is -1.00. The fourth-order valence-electron chi connectivity index (χ4n) is 2.45. The van der Waals surface area contributed by atoms with Crippen LogP contribution in [0.2, 0.25) is 0 Å². The first-order chi connectivity index (χ1) is 7.97. The maximum absolute atomic E-state index is 13.9. The molecular formula is C14H17FO2. The molecule has 1 fully saturated rings. The van der Waals surface area contributed by atoms with Crippen molar-refractivity contribution in [1.29, 1.82) is 0 Å². The molecule has 0 atom stereocenters. The van der Waals surface area contributed by atoms with Crippen LogP contribution in [-0.4, -0.2) is 11.1 Å². The van der Waals surface area contributed by atoms with Crippen molar-refractivity contribution in [2.75, 3.05) is 0 Å². The van der Waals surface area contributed by atoms with Gasteiger partial charge in [0.2, 0.25) is 0 Å². The zero-order valence-corrected chi connectivity index (χ0v) is 10.2. The average molecular weight is 236 g/mol. The molecule has 92 valence electrons. The van der Waals surface area contributed by atoms with Crippen molar-refractivity contribution in [3.63, 3.8) is 0 Å². The molecule has 0 aromatic heterocycles. The minimum Gasteiger partial charge on any atom is -0.481 e. The van der Waals surface area contributed by atoms with E-state index in [1.165, 1.54) is 6.07 Å². The molecule has 0 amide bonds. The second kappa shape index (κ2) is 4.13. The molecule has 3 heteroatoms. The Balaban J connectivity index is 2.41. The van der Waals surface area contributed by atoms with E-state index >= 15 is 0 Å². The Hall–Kier alpha value is -1.38. The van der Waals surface area contributed by atoms with Gasteiger partial charge in [0.25, 0.3) is 0 Å². The Morgan fingerprint density at radius 2 is 2.06 bits per heavy atom. The van der Waals surface area contributed by atoms with Crippen molar-refractivity contribution in [2.24, 2.45) is 0 Å². The number of carboxylic acid groups (broad SMARTS) is 1. The first-order valence-corrected chi connectivity index (χ1v) is 6.01. The maximum atomic E-state index is 13.9. The van der Waals surface area contributed by atoms with Crippen LogP contribution in [0.25, 0.3) is 0 Å². The maximum Gasteiger partial charge on any atom is 0.314 e. The van der Waals surface area contributed by atoms with E-state index in [1.54, 1.807) is 12.1 Å². The smallest absolute Gasteiger partial charge is 0.314 e. The van der Waals surface area contributed by atoms with E-state index in [1.807, 2.05) is 13.8 Å². The molecule has 1 aliphatic carbocycles. The number of halogens is 1. The molecule has 0 unspecified atom stereocenters. The van der Waals surface area contributed by atoms with E-state index in [-0.39, 0.29) is 11.7 Å². The zero-order chi connectivity index (χ0) is 12.6. The topological polar surface area (TPSA) is 37.3 Å².